The van der Waals surface area contributed by atoms with Crippen LogP contribution in [0.3, 0.4) is 0 Å². The first-order chi connectivity index (χ1) is 10.3. The van der Waals surface area contributed by atoms with Crippen LogP contribution < -0.4 is 0 Å². The maximum absolute atomic E-state index is 6.13. The highest BCUT2D eigenvalue weighted by Gasteiger charge is 2.20. The average Bonchev–Trinajstić information content (AvgIpc) is 2.53. The van der Waals surface area contributed by atoms with Gasteiger partial charge in [0.1, 0.15) is 11.0 Å². The molecule has 0 saturated heterocycles. The highest BCUT2D eigenvalue weighted by molar-refractivity contribution is 9.10. The van der Waals surface area contributed by atoms with E-state index >= 15 is 0 Å². The predicted molar refractivity (Wildman–Crippen MR) is 88.6 cm³/mol. The minimum Gasteiger partial charge on any atom is -0.239 e. The fourth-order valence-corrected chi connectivity index (χ4v) is 2.61. The Morgan fingerprint density at radius 1 is 0.857 bits per heavy atom. The van der Waals surface area contributed by atoms with Crippen LogP contribution in [-0.4, -0.2) is 9.97 Å². The summed E-state index contributed by atoms with van der Waals surface area (Å²) >= 11 is 9.47. The number of hydrogen-bond acceptors (Lipinski definition) is 2. The Morgan fingerprint density at radius 3 is 1.86 bits per heavy atom. The lowest BCUT2D eigenvalue weighted by Gasteiger charge is -2.17. The summed E-state index contributed by atoms with van der Waals surface area (Å²) in [6, 6.07) is 20.4. The second-order valence-electron chi connectivity index (χ2n) is 4.62. The Balaban J connectivity index is 2.14. The molecule has 0 aliphatic heterocycles. The van der Waals surface area contributed by atoms with Crippen LogP contribution in [0.25, 0.3) is 0 Å². The van der Waals surface area contributed by atoms with Crippen LogP contribution in [0.4, 0.5) is 0 Å². The molecule has 1 heterocycles. The van der Waals surface area contributed by atoms with Gasteiger partial charge in [-0.1, -0.05) is 72.3 Å². The van der Waals surface area contributed by atoms with E-state index in [0.29, 0.717) is 15.5 Å². The van der Waals surface area contributed by atoms with Crippen molar-refractivity contribution < 1.29 is 0 Å². The van der Waals surface area contributed by atoms with E-state index in [0.717, 1.165) is 11.1 Å². The van der Waals surface area contributed by atoms with E-state index in [9.17, 15) is 0 Å². The van der Waals surface area contributed by atoms with Gasteiger partial charge in [0, 0.05) is 6.20 Å². The smallest absolute Gasteiger partial charge is 0.146 e. The molecule has 4 heteroatoms. The second kappa shape index (κ2) is 6.37. The zero-order valence-electron chi connectivity index (χ0n) is 11.1. The highest BCUT2D eigenvalue weighted by Crippen LogP contribution is 2.31. The molecule has 21 heavy (non-hydrogen) atoms. The van der Waals surface area contributed by atoms with Crippen LogP contribution >= 0.6 is 27.5 Å². The van der Waals surface area contributed by atoms with E-state index in [1.807, 2.05) is 36.4 Å². The van der Waals surface area contributed by atoms with Gasteiger partial charge in [-0.15, -0.1) is 0 Å². The molecule has 0 aliphatic rings. The van der Waals surface area contributed by atoms with Gasteiger partial charge in [-0.3, -0.25) is 0 Å². The van der Waals surface area contributed by atoms with Gasteiger partial charge in [0.25, 0.3) is 0 Å². The van der Waals surface area contributed by atoms with Gasteiger partial charge in [-0.05, 0) is 27.1 Å². The quantitative estimate of drug-likeness (QED) is 0.610. The fraction of sp³-hybridized carbons (Fsp3) is 0.0588. The van der Waals surface area contributed by atoms with Gasteiger partial charge in [0.15, 0.2) is 0 Å². The van der Waals surface area contributed by atoms with Gasteiger partial charge in [-0.25, -0.2) is 9.97 Å². The molecule has 0 fully saturated rings. The van der Waals surface area contributed by atoms with Crippen LogP contribution in [0.15, 0.2) is 71.3 Å². The van der Waals surface area contributed by atoms with Crippen LogP contribution in [0, 0.1) is 0 Å². The minimum absolute atomic E-state index is 0.0296. The zero-order chi connectivity index (χ0) is 14.7. The third-order valence-electron chi connectivity index (χ3n) is 3.24. The standard InChI is InChI=1S/C17H12BrClN2/c18-14-11-20-17(21-16(14)19)15(12-7-3-1-4-8-12)13-9-5-2-6-10-13/h1-11,15H. The molecule has 2 aromatic carbocycles. The van der Waals surface area contributed by atoms with E-state index in [2.05, 4.69) is 50.2 Å². The summed E-state index contributed by atoms with van der Waals surface area (Å²) in [5, 5.41) is 0.428. The van der Waals surface area contributed by atoms with Gasteiger partial charge in [0.2, 0.25) is 0 Å². The molecule has 0 radical (unpaired) electrons. The normalized spacial score (nSPS) is 10.8. The Hall–Kier alpha value is -1.71. The molecule has 0 saturated carbocycles. The summed E-state index contributed by atoms with van der Waals surface area (Å²) in [7, 11) is 0. The van der Waals surface area contributed by atoms with Crippen molar-refractivity contribution in [3.8, 4) is 0 Å². The molecule has 2 nitrogen and oxygen atoms in total. The van der Waals surface area contributed by atoms with Crippen LogP contribution in [0.1, 0.15) is 22.9 Å². The third kappa shape index (κ3) is 3.14. The van der Waals surface area contributed by atoms with E-state index in [-0.39, 0.29) is 5.92 Å². The van der Waals surface area contributed by atoms with Crippen molar-refractivity contribution in [2.75, 3.05) is 0 Å². The van der Waals surface area contributed by atoms with Crippen LogP contribution in [0.2, 0.25) is 5.15 Å². The monoisotopic (exact) mass is 358 g/mol. The Labute approximate surface area is 137 Å². The molecule has 0 spiro atoms. The van der Waals surface area contributed by atoms with Gasteiger partial charge in [-0.2, -0.15) is 0 Å². The molecule has 0 amide bonds. The number of hydrogen-bond donors (Lipinski definition) is 0. The molecule has 0 atom stereocenters. The topological polar surface area (TPSA) is 25.8 Å². The Morgan fingerprint density at radius 2 is 1.38 bits per heavy atom. The van der Waals surface area contributed by atoms with Crippen molar-refractivity contribution in [2.24, 2.45) is 0 Å². The molecule has 0 aliphatic carbocycles. The minimum atomic E-state index is -0.0296. The maximum atomic E-state index is 6.13. The molecule has 0 N–H and O–H groups in total. The number of aromatic nitrogens is 2. The third-order valence-corrected chi connectivity index (χ3v) is 4.34. The fourth-order valence-electron chi connectivity index (χ4n) is 2.28. The summed E-state index contributed by atoms with van der Waals surface area (Å²) < 4.78 is 0.702. The largest absolute Gasteiger partial charge is 0.239 e. The van der Waals surface area contributed by atoms with E-state index < -0.39 is 0 Å². The molecule has 104 valence electrons. The van der Waals surface area contributed by atoms with E-state index in [1.54, 1.807) is 6.20 Å². The van der Waals surface area contributed by atoms with Crippen molar-refractivity contribution in [1.82, 2.24) is 9.97 Å². The summed E-state index contributed by atoms with van der Waals surface area (Å²) in [6.45, 7) is 0. The van der Waals surface area contributed by atoms with Gasteiger partial charge < -0.3 is 0 Å². The molecule has 3 rings (SSSR count). The van der Waals surface area contributed by atoms with Crippen molar-refractivity contribution in [1.29, 1.82) is 0 Å². The average molecular weight is 360 g/mol. The molecule has 0 unspecified atom stereocenters. The summed E-state index contributed by atoms with van der Waals surface area (Å²) in [4.78, 5) is 8.88. The van der Waals surface area contributed by atoms with Crippen molar-refractivity contribution >= 4 is 27.5 Å². The van der Waals surface area contributed by atoms with E-state index in [1.165, 1.54) is 0 Å². The van der Waals surface area contributed by atoms with Crippen molar-refractivity contribution in [2.45, 2.75) is 5.92 Å². The molecule has 1 aromatic heterocycles. The van der Waals surface area contributed by atoms with E-state index in [4.69, 9.17) is 11.6 Å². The first-order valence-electron chi connectivity index (χ1n) is 6.53. The summed E-state index contributed by atoms with van der Waals surface area (Å²) in [5.74, 6) is 0.665. The SMILES string of the molecule is Clc1nc(C(c2ccccc2)c2ccccc2)ncc1Br. The first kappa shape index (κ1) is 14.2. The van der Waals surface area contributed by atoms with Gasteiger partial charge >= 0.3 is 0 Å². The predicted octanol–water partition coefficient (Wildman–Crippen LogP) is 5.07. The lowest BCUT2D eigenvalue weighted by atomic mass is 9.90. The Bertz CT molecular complexity index is 693. The molecular weight excluding hydrogens is 348 g/mol. The first-order valence-corrected chi connectivity index (χ1v) is 7.70. The van der Waals surface area contributed by atoms with Crippen LogP contribution in [-0.2, 0) is 0 Å². The number of nitrogens with zero attached hydrogens (tertiary/aromatic N) is 2. The zero-order valence-corrected chi connectivity index (χ0v) is 13.4. The highest BCUT2D eigenvalue weighted by atomic mass is 79.9. The summed E-state index contributed by atoms with van der Waals surface area (Å²) in [6.07, 6.45) is 1.70. The van der Waals surface area contributed by atoms with Crippen molar-refractivity contribution in [3.05, 3.63) is 93.4 Å². The van der Waals surface area contributed by atoms with Crippen LogP contribution in [0.5, 0.6) is 0 Å². The number of halogens is 2. The number of rotatable bonds is 3. The van der Waals surface area contributed by atoms with Gasteiger partial charge in [0.05, 0.1) is 10.4 Å². The maximum Gasteiger partial charge on any atom is 0.146 e. The van der Waals surface area contributed by atoms with Crippen molar-refractivity contribution in [3.63, 3.8) is 0 Å². The number of benzene rings is 2. The second-order valence-corrected chi connectivity index (χ2v) is 5.83. The molecule has 3 aromatic rings. The summed E-state index contributed by atoms with van der Waals surface area (Å²) in [5.41, 5.74) is 2.28. The lowest BCUT2D eigenvalue weighted by Crippen LogP contribution is -2.08. The Kier molecular flexibility index (Phi) is 4.32. The molecular formula is C17H12BrClN2. The lowest BCUT2D eigenvalue weighted by molar-refractivity contribution is 0.851. The molecule has 0 bridgehead atoms.